The van der Waals surface area contributed by atoms with Crippen molar-refractivity contribution >= 4 is 48.2 Å². The summed E-state index contributed by atoms with van der Waals surface area (Å²) in [5.41, 5.74) is 1.60. The Balaban J connectivity index is 2.42. The second-order valence-electron chi connectivity index (χ2n) is 3.60. The molecule has 0 fully saturated rings. The molecule has 0 bridgehead atoms. The van der Waals surface area contributed by atoms with Gasteiger partial charge in [-0.05, 0) is 23.6 Å². The maximum atomic E-state index is 12.3. The Kier molecular flexibility index (Phi) is 1.70. The van der Waals surface area contributed by atoms with Crippen molar-refractivity contribution in [2.75, 3.05) is 0 Å². The van der Waals surface area contributed by atoms with Crippen LogP contribution in [0.1, 0.15) is 0 Å². The van der Waals surface area contributed by atoms with Crippen molar-refractivity contribution in [3.63, 3.8) is 0 Å². The van der Waals surface area contributed by atoms with Gasteiger partial charge >= 0.3 is 0 Å². The third-order valence-corrected chi connectivity index (χ3v) is 4.49. The molecular formula is C11H5N3OS2. The quantitative estimate of drug-likeness (QED) is 0.487. The van der Waals surface area contributed by atoms with Crippen LogP contribution in [0.2, 0.25) is 0 Å². The van der Waals surface area contributed by atoms with E-state index < -0.39 is 0 Å². The predicted molar refractivity (Wildman–Crippen MR) is 70.0 cm³/mol. The van der Waals surface area contributed by atoms with Gasteiger partial charge in [0.15, 0.2) is 4.96 Å². The third kappa shape index (κ3) is 1.13. The number of rotatable bonds is 0. The molecule has 4 heterocycles. The lowest BCUT2D eigenvalue weighted by Gasteiger charge is -1.94. The molecular weight excluding hydrogens is 254 g/mol. The smallest absolute Gasteiger partial charge is 0.267 e. The number of aromatic nitrogens is 3. The number of pyridine rings is 1. The maximum absolute atomic E-state index is 12.3. The molecule has 0 spiro atoms. The van der Waals surface area contributed by atoms with Crippen LogP contribution in [-0.4, -0.2) is 14.4 Å². The van der Waals surface area contributed by atoms with E-state index in [0.29, 0.717) is 9.66 Å². The molecule has 0 saturated carbocycles. The van der Waals surface area contributed by atoms with Gasteiger partial charge in [-0.2, -0.15) is 0 Å². The molecule has 82 valence electrons. The topological polar surface area (TPSA) is 47.3 Å². The number of hydrogen-bond donors (Lipinski definition) is 0. The van der Waals surface area contributed by atoms with E-state index in [-0.39, 0.29) is 5.56 Å². The second-order valence-corrected chi connectivity index (χ2v) is 5.47. The average Bonchev–Trinajstić information content (AvgIpc) is 2.92. The Labute approximate surface area is 103 Å². The minimum Gasteiger partial charge on any atom is -0.267 e. The van der Waals surface area contributed by atoms with Crippen LogP contribution in [0.15, 0.2) is 34.6 Å². The van der Waals surface area contributed by atoms with Gasteiger partial charge in [-0.25, -0.2) is 14.4 Å². The van der Waals surface area contributed by atoms with E-state index in [0.717, 1.165) is 15.9 Å². The number of hydrogen-bond acceptors (Lipinski definition) is 5. The zero-order valence-electron chi connectivity index (χ0n) is 8.45. The number of nitrogens with zero attached hydrogens (tertiary/aromatic N) is 3. The van der Waals surface area contributed by atoms with E-state index in [1.165, 1.54) is 22.7 Å². The minimum absolute atomic E-state index is 0.000694. The number of thiazole rings is 1. The average molecular weight is 259 g/mol. The van der Waals surface area contributed by atoms with E-state index >= 15 is 0 Å². The molecule has 0 N–H and O–H groups in total. The Hall–Kier alpha value is -1.79. The van der Waals surface area contributed by atoms with Crippen LogP contribution in [0.5, 0.6) is 0 Å². The van der Waals surface area contributed by atoms with Gasteiger partial charge < -0.3 is 0 Å². The fourth-order valence-electron chi connectivity index (χ4n) is 1.89. The lowest BCUT2D eigenvalue weighted by molar-refractivity contribution is 1.16. The van der Waals surface area contributed by atoms with Crippen molar-refractivity contribution in [1.29, 1.82) is 0 Å². The first kappa shape index (κ1) is 9.26. The highest BCUT2D eigenvalue weighted by Gasteiger charge is 2.12. The normalized spacial score (nSPS) is 11.8. The standard InChI is InChI=1S/C11H5N3OS2/c15-10-8-6(3-5-16-8)13-11-14(10)7-2-1-4-12-9(7)17-11/h1-5H. The minimum atomic E-state index is -0.000694. The first-order valence-electron chi connectivity index (χ1n) is 4.98. The van der Waals surface area contributed by atoms with Crippen LogP contribution in [0, 0.1) is 0 Å². The van der Waals surface area contributed by atoms with E-state index in [1.54, 1.807) is 10.6 Å². The predicted octanol–water partition coefficient (Wildman–Crippen LogP) is 2.52. The van der Waals surface area contributed by atoms with Crippen molar-refractivity contribution in [3.05, 3.63) is 40.1 Å². The largest absolute Gasteiger partial charge is 0.277 e. The SMILES string of the molecule is O=c1c2sccc2nc2sc3ncccc3n12. The van der Waals surface area contributed by atoms with Gasteiger partial charge in [0, 0.05) is 6.20 Å². The molecule has 4 aromatic heterocycles. The zero-order chi connectivity index (χ0) is 11.4. The molecule has 0 aliphatic rings. The summed E-state index contributed by atoms with van der Waals surface area (Å²) >= 11 is 2.87. The van der Waals surface area contributed by atoms with Gasteiger partial charge in [0.2, 0.25) is 0 Å². The fourth-order valence-corrected chi connectivity index (χ4v) is 3.62. The molecule has 0 atom stereocenters. The second kappa shape index (κ2) is 3.12. The van der Waals surface area contributed by atoms with Gasteiger partial charge in [-0.1, -0.05) is 11.3 Å². The molecule has 0 unspecified atom stereocenters. The number of thiophene rings is 1. The summed E-state index contributed by atoms with van der Waals surface area (Å²) in [7, 11) is 0. The van der Waals surface area contributed by atoms with Crippen LogP contribution in [0.4, 0.5) is 0 Å². The van der Waals surface area contributed by atoms with Gasteiger partial charge in [-0.15, -0.1) is 11.3 Å². The summed E-state index contributed by atoms with van der Waals surface area (Å²) in [6.07, 6.45) is 1.73. The Morgan fingerprint density at radius 1 is 1.29 bits per heavy atom. The molecule has 0 aliphatic carbocycles. The molecule has 0 aliphatic heterocycles. The van der Waals surface area contributed by atoms with Crippen LogP contribution in [-0.2, 0) is 0 Å². The lowest BCUT2D eigenvalue weighted by Crippen LogP contribution is -2.11. The van der Waals surface area contributed by atoms with Crippen LogP contribution < -0.4 is 5.56 Å². The summed E-state index contributed by atoms with van der Waals surface area (Å²) < 4.78 is 2.34. The summed E-state index contributed by atoms with van der Waals surface area (Å²) in [5.74, 6) is 0. The fraction of sp³-hybridized carbons (Fsp3) is 0. The van der Waals surface area contributed by atoms with Gasteiger partial charge in [0.1, 0.15) is 9.53 Å². The number of fused-ring (bicyclic) bond motifs is 4. The molecule has 0 amide bonds. The zero-order valence-corrected chi connectivity index (χ0v) is 10.1. The van der Waals surface area contributed by atoms with Gasteiger partial charge in [0.25, 0.3) is 5.56 Å². The lowest BCUT2D eigenvalue weighted by atomic mass is 10.4. The Morgan fingerprint density at radius 3 is 3.18 bits per heavy atom. The van der Waals surface area contributed by atoms with Crippen LogP contribution >= 0.6 is 22.7 Å². The summed E-state index contributed by atoms with van der Waals surface area (Å²) in [6.45, 7) is 0. The molecule has 6 heteroatoms. The molecule has 0 radical (unpaired) electrons. The maximum Gasteiger partial charge on any atom is 0.277 e. The molecule has 0 saturated heterocycles. The van der Waals surface area contributed by atoms with Crippen molar-refractivity contribution in [2.45, 2.75) is 0 Å². The highest BCUT2D eigenvalue weighted by molar-refractivity contribution is 7.23. The molecule has 4 nitrogen and oxygen atoms in total. The summed E-state index contributed by atoms with van der Waals surface area (Å²) in [4.78, 5) is 22.6. The third-order valence-electron chi connectivity index (χ3n) is 2.63. The molecule has 4 rings (SSSR count). The highest BCUT2D eigenvalue weighted by Crippen LogP contribution is 2.24. The highest BCUT2D eigenvalue weighted by atomic mass is 32.1. The summed E-state index contributed by atoms with van der Waals surface area (Å²) in [5, 5.41) is 1.89. The van der Waals surface area contributed by atoms with Gasteiger partial charge in [-0.3, -0.25) is 4.79 Å². The first-order chi connectivity index (χ1) is 8.34. The van der Waals surface area contributed by atoms with Crippen LogP contribution in [0.25, 0.3) is 25.5 Å². The molecule has 0 aromatic carbocycles. The van der Waals surface area contributed by atoms with E-state index in [4.69, 9.17) is 0 Å². The van der Waals surface area contributed by atoms with Crippen molar-refractivity contribution in [2.24, 2.45) is 0 Å². The van der Waals surface area contributed by atoms with E-state index in [9.17, 15) is 4.79 Å². The summed E-state index contributed by atoms with van der Waals surface area (Å²) in [6, 6.07) is 5.60. The molecule has 4 aromatic rings. The Bertz CT molecular complexity index is 919. The first-order valence-corrected chi connectivity index (χ1v) is 6.68. The van der Waals surface area contributed by atoms with Crippen LogP contribution in [0.3, 0.4) is 0 Å². The van der Waals surface area contributed by atoms with E-state index in [2.05, 4.69) is 9.97 Å². The monoisotopic (exact) mass is 259 g/mol. The Morgan fingerprint density at radius 2 is 2.24 bits per heavy atom. The van der Waals surface area contributed by atoms with E-state index in [1.807, 2.05) is 23.6 Å². The van der Waals surface area contributed by atoms with Crippen molar-refractivity contribution < 1.29 is 0 Å². The van der Waals surface area contributed by atoms with Crippen molar-refractivity contribution in [3.8, 4) is 0 Å². The van der Waals surface area contributed by atoms with Crippen molar-refractivity contribution in [1.82, 2.24) is 14.4 Å². The van der Waals surface area contributed by atoms with Gasteiger partial charge in [0.05, 0.1) is 11.0 Å². The molecule has 17 heavy (non-hydrogen) atoms.